The minimum atomic E-state index is 0.0776. The molecule has 6 nitrogen and oxygen atoms in total. The lowest BCUT2D eigenvalue weighted by atomic mass is 10.2. The molecule has 0 bridgehead atoms. The van der Waals surface area contributed by atoms with Crippen molar-refractivity contribution in [3.8, 4) is 0 Å². The molecule has 0 N–H and O–H groups in total. The number of hydrogen-bond donors (Lipinski definition) is 0. The Labute approximate surface area is 156 Å². The minimum absolute atomic E-state index is 0.0776. The summed E-state index contributed by atoms with van der Waals surface area (Å²) in [4.78, 5) is 27.7. The van der Waals surface area contributed by atoms with Crippen molar-refractivity contribution in [2.45, 2.75) is 6.92 Å². The fraction of sp³-hybridized carbons (Fsp3) is 0.389. The second kappa shape index (κ2) is 7.39. The van der Waals surface area contributed by atoms with E-state index in [4.69, 9.17) is 0 Å². The average Bonchev–Trinajstić information content (AvgIpc) is 2.60. The van der Waals surface area contributed by atoms with Crippen molar-refractivity contribution in [1.82, 2.24) is 14.9 Å². The Hall–Kier alpha value is -2.15. The van der Waals surface area contributed by atoms with E-state index in [0.29, 0.717) is 13.1 Å². The molecule has 1 saturated heterocycles. The van der Waals surface area contributed by atoms with E-state index in [1.165, 1.54) is 0 Å². The molecule has 1 aliphatic heterocycles. The van der Waals surface area contributed by atoms with Gasteiger partial charge < -0.3 is 14.7 Å². The number of piperazine rings is 1. The van der Waals surface area contributed by atoms with Crippen LogP contribution < -0.4 is 9.80 Å². The Kier molecular flexibility index (Phi) is 5.22. The molecule has 3 rings (SSSR count). The molecular weight excluding hydrogens is 382 g/mol. The summed E-state index contributed by atoms with van der Waals surface area (Å²) in [5.74, 6) is 2.66. The maximum Gasteiger partial charge on any atom is 0.254 e. The van der Waals surface area contributed by atoms with Gasteiger partial charge in [0.2, 0.25) is 0 Å². The van der Waals surface area contributed by atoms with Crippen molar-refractivity contribution in [3.05, 3.63) is 46.2 Å². The predicted molar refractivity (Wildman–Crippen MR) is 103 cm³/mol. The first kappa shape index (κ1) is 17.7. The molecule has 132 valence electrons. The van der Waals surface area contributed by atoms with Gasteiger partial charge in [0.05, 0.1) is 0 Å². The van der Waals surface area contributed by atoms with Gasteiger partial charge in [-0.1, -0.05) is 22.0 Å². The van der Waals surface area contributed by atoms with Gasteiger partial charge in [0.15, 0.2) is 0 Å². The maximum absolute atomic E-state index is 12.6. The van der Waals surface area contributed by atoms with E-state index in [0.717, 1.165) is 40.6 Å². The van der Waals surface area contributed by atoms with Crippen molar-refractivity contribution in [1.29, 1.82) is 0 Å². The Morgan fingerprint density at radius 2 is 1.84 bits per heavy atom. The summed E-state index contributed by atoms with van der Waals surface area (Å²) in [6.45, 7) is 4.81. The smallest absolute Gasteiger partial charge is 0.254 e. The fourth-order valence-corrected chi connectivity index (χ4v) is 3.27. The van der Waals surface area contributed by atoms with Crippen LogP contribution in [0.3, 0.4) is 0 Å². The van der Waals surface area contributed by atoms with Crippen molar-refractivity contribution in [3.63, 3.8) is 0 Å². The Morgan fingerprint density at radius 3 is 2.48 bits per heavy atom. The van der Waals surface area contributed by atoms with Crippen LogP contribution in [0.4, 0.5) is 11.6 Å². The summed E-state index contributed by atoms with van der Waals surface area (Å²) < 4.78 is 0.921. The lowest BCUT2D eigenvalue weighted by Gasteiger charge is -2.35. The largest absolute Gasteiger partial charge is 0.363 e. The number of amides is 1. The Morgan fingerprint density at radius 1 is 1.12 bits per heavy atom. The quantitative estimate of drug-likeness (QED) is 0.787. The van der Waals surface area contributed by atoms with Crippen LogP contribution >= 0.6 is 15.9 Å². The van der Waals surface area contributed by atoms with Gasteiger partial charge in [0.25, 0.3) is 5.91 Å². The molecule has 0 aliphatic carbocycles. The first-order valence-electron chi connectivity index (χ1n) is 8.27. The van der Waals surface area contributed by atoms with E-state index >= 15 is 0 Å². The third-order valence-electron chi connectivity index (χ3n) is 4.23. The topological polar surface area (TPSA) is 52.6 Å². The number of rotatable bonds is 3. The second-order valence-corrected chi connectivity index (χ2v) is 7.23. The third-order valence-corrected chi connectivity index (χ3v) is 4.72. The van der Waals surface area contributed by atoms with Gasteiger partial charge in [-0.15, -0.1) is 0 Å². The maximum atomic E-state index is 12.6. The molecule has 2 aromatic rings. The molecule has 0 unspecified atom stereocenters. The van der Waals surface area contributed by atoms with E-state index in [9.17, 15) is 4.79 Å². The lowest BCUT2D eigenvalue weighted by molar-refractivity contribution is 0.0746. The van der Waals surface area contributed by atoms with Gasteiger partial charge in [-0.05, 0) is 25.1 Å². The zero-order valence-electron chi connectivity index (χ0n) is 14.7. The first-order chi connectivity index (χ1) is 11.9. The first-order valence-corrected chi connectivity index (χ1v) is 9.06. The average molecular weight is 404 g/mol. The van der Waals surface area contributed by atoms with Crippen molar-refractivity contribution in [2.24, 2.45) is 0 Å². The van der Waals surface area contributed by atoms with Gasteiger partial charge >= 0.3 is 0 Å². The van der Waals surface area contributed by atoms with E-state index in [1.807, 2.05) is 61.2 Å². The van der Waals surface area contributed by atoms with Crippen molar-refractivity contribution in [2.75, 3.05) is 50.1 Å². The van der Waals surface area contributed by atoms with Crippen molar-refractivity contribution >= 4 is 33.5 Å². The number of carbonyl (C=O) groups excluding carboxylic acids is 1. The number of carbonyl (C=O) groups is 1. The zero-order chi connectivity index (χ0) is 18.0. The van der Waals surface area contributed by atoms with Crippen LogP contribution in [0, 0.1) is 6.92 Å². The van der Waals surface area contributed by atoms with E-state index in [2.05, 4.69) is 30.8 Å². The van der Waals surface area contributed by atoms with Crippen molar-refractivity contribution < 1.29 is 4.79 Å². The molecule has 0 radical (unpaired) electrons. The van der Waals surface area contributed by atoms with E-state index in [1.54, 1.807) is 0 Å². The standard InChI is InChI=1S/C18H22BrN5O/c1-13-20-16(22(2)3)12-17(21-13)23-7-9-24(10-8-23)18(25)14-5-4-6-15(19)11-14/h4-6,11-12H,7-10H2,1-3H3. The van der Waals surface area contributed by atoms with Crippen LogP contribution in [0.25, 0.3) is 0 Å². The summed E-state index contributed by atoms with van der Waals surface area (Å²) >= 11 is 3.42. The molecule has 1 fully saturated rings. The highest BCUT2D eigenvalue weighted by molar-refractivity contribution is 9.10. The summed E-state index contributed by atoms with van der Waals surface area (Å²) in [7, 11) is 3.94. The fourth-order valence-electron chi connectivity index (χ4n) is 2.87. The summed E-state index contributed by atoms with van der Waals surface area (Å²) in [5.41, 5.74) is 0.718. The van der Waals surface area contributed by atoms with E-state index < -0.39 is 0 Å². The second-order valence-electron chi connectivity index (χ2n) is 6.32. The van der Waals surface area contributed by atoms with Crippen LogP contribution in [0.15, 0.2) is 34.8 Å². The molecule has 1 aromatic heterocycles. The highest BCUT2D eigenvalue weighted by atomic mass is 79.9. The number of hydrogen-bond acceptors (Lipinski definition) is 5. The number of aromatic nitrogens is 2. The third kappa shape index (κ3) is 4.10. The summed E-state index contributed by atoms with van der Waals surface area (Å²) in [6.07, 6.45) is 0. The van der Waals surface area contributed by atoms with Crippen LogP contribution in [-0.2, 0) is 0 Å². The molecule has 1 amide bonds. The van der Waals surface area contributed by atoms with Gasteiger partial charge in [-0.25, -0.2) is 9.97 Å². The Bertz CT molecular complexity index is 772. The van der Waals surface area contributed by atoms with E-state index in [-0.39, 0.29) is 5.91 Å². The predicted octanol–water partition coefficient (Wildman–Crippen LogP) is 2.58. The van der Waals surface area contributed by atoms with Crippen LogP contribution in [0.5, 0.6) is 0 Å². The highest BCUT2D eigenvalue weighted by Gasteiger charge is 2.23. The van der Waals surface area contributed by atoms with Gasteiger partial charge in [-0.2, -0.15) is 0 Å². The normalized spacial score (nSPS) is 14.6. The molecule has 1 aromatic carbocycles. The molecule has 0 spiro atoms. The van der Waals surface area contributed by atoms with Crippen LogP contribution in [-0.4, -0.2) is 61.0 Å². The molecule has 0 atom stereocenters. The molecule has 25 heavy (non-hydrogen) atoms. The number of anilines is 2. The summed E-state index contributed by atoms with van der Waals surface area (Å²) in [5, 5.41) is 0. The van der Waals surface area contributed by atoms with Crippen LogP contribution in [0.1, 0.15) is 16.2 Å². The number of benzene rings is 1. The van der Waals surface area contributed by atoms with Crippen LogP contribution in [0.2, 0.25) is 0 Å². The number of aryl methyl sites for hydroxylation is 1. The van der Waals surface area contributed by atoms with Gasteiger partial charge in [-0.3, -0.25) is 4.79 Å². The van der Waals surface area contributed by atoms with Gasteiger partial charge in [0, 0.05) is 56.4 Å². The Balaban J connectivity index is 1.69. The molecule has 1 aliphatic rings. The molecule has 2 heterocycles. The summed E-state index contributed by atoms with van der Waals surface area (Å²) in [6, 6.07) is 9.54. The SMILES string of the molecule is Cc1nc(N(C)C)cc(N2CCN(C(=O)c3cccc(Br)c3)CC2)n1. The monoisotopic (exact) mass is 403 g/mol. The number of nitrogens with zero attached hydrogens (tertiary/aromatic N) is 5. The number of halogens is 1. The molecule has 7 heteroatoms. The molecule has 0 saturated carbocycles. The minimum Gasteiger partial charge on any atom is -0.363 e. The van der Waals surface area contributed by atoms with Gasteiger partial charge in [0.1, 0.15) is 17.5 Å². The highest BCUT2D eigenvalue weighted by Crippen LogP contribution is 2.20. The molecular formula is C18H22BrN5O. The lowest BCUT2D eigenvalue weighted by Crippen LogP contribution is -2.49. The zero-order valence-corrected chi connectivity index (χ0v) is 16.3.